The lowest BCUT2D eigenvalue weighted by molar-refractivity contribution is 1.29. The molecule has 50 valence electrons. The van der Waals surface area contributed by atoms with Gasteiger partial charge < -0.3 is 0 Å². The van der Waals surface area contributed by atoms with E-state index in [9.17, 15) is 0 Å². The molecule has 0 amide bonds. The van der Waals surface area contributed by atoms with E-state index in [2.05, 4.69) is 32.0 Å². The standard InChI is InChI=1S/C9H11B/c1-7-3-8(2)5-9(4-7)6-10/h3-5H,6H2,1-2H3. The fourth-order valence-corrected chi connectivity index (χ4v) is 1.19. The van der Waals surface area contributed by atoms with Crippen LogP contribution in [0.25, 0.3) is 0 Å². The Kier molecular flexibility index (Phi) is 2.15. The van der Waals surface area contributed by atoms with E-state index < -0.39 is 0 Å². The molecule has 0 unspecified atom stereocenters. The molecular formula is C9H11B. The van der Waals surface area contributed by atoms with Crippen LogP contribution in [-0.2, 0) is 6.32 Å². The van der Waals surface area contributed by atoms with Crippen LogP contribution in [-0.4, -0.2) is 7.85 Å². The van der Waals surface area contributed by atoms with E-state index in [1.807, 2.05) is 0 Å². The van der Waals surface area contributed by atoms with Gasteiger partial charge in [-0.15, -0.1) is 0 Å². The molecule has 2 radical (unpaired) electrons. The predicted molar refractivity (Wildman–Crippen MR) is 45.4 cm³/mol. The van der Waals surface area contributed by atoms with Crippen LogP contribution >= 0.6 is 0 Å². The quantitative estimate of drug-likeness (QED) is 0.509. The fourth-order valence-electron chi connectivity index (χ4n) is 1.19. The molecular weight excluding hydrogens is 119 g/mol. The monoisotopic (exact) mass is 130 g/mol. The first-order chi connectivity index (χ1) is 4.72. The Balaban J connectivity index is 3.06. The van der Waals surface area contributed by atoms with E-state index in [1.165, 1.54) is 16.7 Å². The van der Waals surface area contributed by atoms with Crippen LogP contribution in [0.1, 0.15) is 16.7 Å². The number of rotatable bonds is 1. The Labute approximate surface area is 63.7 Å². The van der Waals surface area contributed by atoms with Crippen molar-refractivity contribution in [2.45, 2.75) is 20.2 Å². The van der Waals surface area contributed by atoms with E-state index in [0.29, 0.717) is 6.32 Å². The van der Waals surface area contributed by atoms with Gasteiger partial charge in [-0.05, 0) is 13.8 Å². The van der Waals surface area contributed by atoms with Gasteiger partial charge in [-0.1, -0.05) is 41.2 Å². The zero-order valence-electron chi connectivity index (χ0n) is 6.52. The molecule has 0 saturated carbocycles. The average Bonchev–Trinajstić information content (AvgIpc) is 1.85. The van der Waals surface area contributed by atoms with Gasteiger partial charge in [0.05, 0.1) is 7.85 Å². The maximum Gasteiger partial charge on any atom is 0.0716 e. The SMILES string of the molecule is [B]Cc1cc(C)cc(C)c1. The predicted octanol–water partition coefficient (Wildman–Crippen LogP) is 1.97. The van der Waals surface area contributed by atoms with E-state index in [1.54, 1.807) is 0 Å². The average molecular weight is 130 g/mol. The first kappa shape index (κ1) is 7.39. The molecule has 1 aromatic carbocycles. The Bertz CT molecular complexity index is 208. The molecule has 10 heavy (non-hydrogen) atoms. The van der Waals surface area contributed by atoms with Gasteiger partial charge in [0.25, 0.3) is 0 Å². The van der Waals surface area contributed by atoms with E-state index in [0.717, 1.165) is 0 Å². The lowest BCUT2D eigenvalue weighted by Crippen LogP contribution is -1.86. The molecule has 0 nitrogen and oxygen atoms in total. The minimum Gasteiger partial charge on any atom is -0.0643 e. The van der Waals surface area contributed by atoms with Crippen molar-refractivity contribution in [1.29, 1.82) is 0 Å². The highest BCUT2D eigenvalue weighted by Gasteiger charge is 1.90. The highest BCUT2D eigenvalue weighted by atomic mass is 13.9. The van der Waals surface area contributed by atoms with Gasteiger partial charge in [0.15, 0.2) is 0 Å². The van der Waals surface area contributed by atoms with Crippen molar-refractivity contribution in [2.24, 2.45) is 0 Å². The van der Waals surface area contributed by atoms with Gasteiger partial charge in [-0.25, -0.2) is 0 Å². The molecule has 0 aliphatic heterocycles. The molecule has 1 rings (SSSR count). The topological polar surface area (TPSA) is 0 Å². The summed E-state index contributed by atoms with van der Waals surface area (Å²) in [6.07, 6.45) is 0.641. The van der Waals surface area contributed by atoms with Gasteiger partial charge in [0.1, 0.15) is 0 Å². The molecule has 0 saturated heterocycles. The Morgan fingerprint density at radius 1 is 1.10 bits per heavy atom. The third kappa shape index (κ3) is 1.63. The highest BCUT2D eigenvalue weighted by Crippen LogP contribution is 2.07. The molecule has 0 atom stereocenters. The molecule has 0 fully saturated rings. The van der Waals surface area contributed by atoms with Gasteiger partial charge >= 0.3 is 0 Å². The molecule has 1 aromatic rings. The second kappa shape index (κ2) is 2.91. The number of hydrogen-bond acceptors (Lipinski definition) is 0. The third-order valence-corrected chi connectivity index (χ3v) is 1.52. The van der Waals surface area contributed by atoms with Crippen molar-refractivity contribution >= 4 is 7.85 Å². The molecule has 0 aromatic heterocycles. The van der Waals surface area contributed by atoms with Crippen molar-refractivity contribution in [2.75, 3.05) is 0 Å². The maximum atomic E-state index is 5.49. The zero-order valence-corrected chi connectivity index (χ0v) is 6.52. The second-order valence-corrected chi connectivity index (χ2v) is 2.70. The summed E-state index contributed by atoms with van der Waals surface area (Å²) in [5.74, 6) is 0. The van der Waals surface area contributed by atoms with Gasteiger partial charge in [-0.2, -0.15) is 0 Å². The molecule has 0 heterocycles. The zero-order chi connectivity index (χ0) is 7.56. The van der Waals surface area contributed by atoms with Gasteiger partial charge in [-0.3, -0.25) is 0 Å². The summed E-state index contributed by atoms with van der Waals surface area (Å²) >= 11 is 0. The minimum atomic E-state index is 0.641. The van der Waals surface area contributed by atoms with Crippen molar-refractivity contribution in [3.8, 4) is 0 Å². The largest absolute Gasteiger partial charge is 0.0716 e. The maximum absolute atomic E-state index is 5.49. The van der Waals surface area contributed by atoms with Crippen LogP contribution in [0.4, 0.5) is 0 Å². The number of benzene rings is 1. The van der Waals surface area contributed by atoms with Crippen LogP contribution in [0.15, 0.2) is 18.2 Å². The van der Waals surface area contributed by atoms with Gasteiger partial charge in [0, 0.05) is 0 Å². The summed E-state index contributed by atoms with van der Waals surface area (Å²) in [6.45, 7) is 4.18. The minimum absolute atomic E-state index is 0.641. The molecule has 0 bridgehead atoms. The first-order valence-corrected chi connectivity index (χ1v) is 3.49. The van der Waals surface area contributed by atoms with E-state index in [4.69, 9.17) is 7.85 Å². The summed E-state index contributed by atoms with van der Waals surface area (Å²) in [5.41, 5.74) is 3.80. The fraction of sp³-hybridized carbons (Fsp3) is 0.333. The molecule has 0 spiro atoms. The van der Waals surface area contributed by atoms with Gasteiger partial charge in [0.2, 0.25) is 0 Å². The molecule has 0 aliphatic carbocycles. The van der Waals surface area contributed by atoms with E-state index in [-0.39, 0.29) is 0 Å². The second-order valence-electron chi connectivity index (χ2n) is 2.70. The Hall–Kier alpha value is -0.715. The lowest BCUT2D eigenvalue weighted by atomic mass is 9.94. The summed E-state index contributed by atoms with van der Waals surface area (Å²) < 4.78 is 0. The van der Waals surface area contributed by atoms with Crippen LogP contribution < -0.4 is 0 Å². The summed E-state index contributed by atoms with van der Waals surface area (Å²) in [4.78, 5) is 0. The Morgan fingerprint density at radius 3 is 2.00 bits per heavy atom. The molecule has 0 aliphatic rings. The summed E-state index contributed by atoms with van der Waals surface area (Å²) in [7, 11) is 5.49. The normalized spacial score (nSPS) is 9.80. The number of aryl methyl sites for hydroxylation is 2. The first-order valence-electron chi connectivity index (χ1n) is 3.49. The lowest BCUT2D eigenvalue weighted by Gasteiger charge is -2.00. The Morgan fingerprint density at radius 2 is 1.60 bits per heavy atom. The van der Waals surface area contributed by atoms with Crippen LogP contribution in [0, 0.1) is 13.8 Å². The van der Waals surface area contributed by atoms with Crippen molar-refractivity contribution in [3.63, 3.8) is 0 Å². The number of hydrogen-bond donors (Lipinski definition) is 0. The molecule has 1 heteroatoms. The van der Waals surface area contributed by atoms with E-state index >= 15 is 0 Å². The van der Waals surface area contributed by atoms with Crippen LogP contribution in [0.2, 0.25) is 0 Å². The third-order valence-electron chi connectivity index (χ3n) is 1.52. The van der Waals surface area contributed by atoms with Crippen molar-refractivity contribution in [1.82, 2.24) is 0 Å². The molecule has 0 N–H and O–H groups in total. The van der Waals surface area contributed by atoms with Crippen molar-refractivity contribution < 1.29 is 0 Å². The highest BCUT2D eigenvalue weighted by molar-refractivity contribution is 6.08. The smallest absolute Gasteiger partial charge is 0.0643 e. The summed E-state index contributed by atoms with van der Waals surface area (Å²) in [5, 5.41) is 0. The summed E-state index contributed by atoms with van der Waals surface area (Å²) in [6, 6.07) is 6.39. The van der Waals surface area contributed by atoms with Crippen molar-refractivity contribution in [3.05, 3.63) is 34.9 Å². The van der Waals surface area contributed by atoms with Crippen LogP contribution in [0.3, 0.4) is 0 Å². The van der Waals surface area contributed by atoms with Crippen LogP contribution in [0.5, 0.6) is 0 Å².